The maximum atomic E-state index is 3.82. The van der Waals surface area contributed by atoms with E-state index in [-0.39, 0.29) is 0 Å². The van der Waals surface area contributed by atoms with Crippen LogP contribution in [0.1, 0.15) is 40.5 Å². The van der Waals surface area contributed by atoms with Gasteiger partial charge in [-0.2, -0.15) is 0 Å². The van der Waals surface area contributed by atoms with Gasteiger partial charge in [0.2, 0.25) is 0 Å². The molecular weight excluding hydrogens is 264 g/mol. The van der Waals surface area contributed by atoms with Gasteiger partial charge in [0, 0.05) is 4.83 Å². The van der Waals surface area contributed by atoms with E-state index in [2.05, 4.69) is 67.1 Å². The highest BCUT2D eigenvalue weighted by atomic mass is 79.9. The van der Waals surface area contributed by atoms with Crippen molar-refractivity contribution in [3.8, 4) is 0 Å². The lowest BCUT2D eigenvalue weighted by Gasteiger charge is -2.32. The summed E-state index contributed by atoms with van der Waals surface area (Å²) >= 11 is 7.96. The first-order valence-electron chi connectivity index (χ1n) is 5.02. The van der Waals surface area contributed by atoms with Gasteiger partial charge in [0.05, 0.1) is 4.08 Å². The number of thioether (sulfide) groups is 2. The number of hydrogen-bond donors (Lipinski definition) is 0. The molecule has 0 nitrogen and oxygen atoms in total. The third kappa shape index (κ3) is 4.98. The highest BCUT2D eigenvalue weighted by Crippen LogP contribution is 2.44. The molecule has 0 fully saturated rings. The largest absolute Gasteiger partial charge is 0.144 e. The fraction of sp³-hybridized carbons (Fsp3) is 1.00. The molecule has 1 unspecified atom stereocenters. The Morgan fingerprint density at radius 1 is 1.15 bits per heavy atom. The van der Waals surface area contributed by atoms with Gasteiger partial charge in [-0.1, -0.05) is 43.1 Å². The van der Waals surface area contributed by atoms with E-state index in [0.29, 0.717) is 8.91 Å². The number of alkyl halides is 1. The second kappa shape index (κ2) is 7.47. The Balaban J connectivity index is 4.18. The van der Waals surface area contributed by atoms with E-state index in [1.54, 1.807) is 0 Å². The van der Waals surface area contributed by atoms with Gasteiger partial charge in [-0.05, 0) is 24.9 Å². The monoisotopic (exact) mass is 284 g/mol. The highest BCUT2D eigenvalue weighted by molar-refractivity contribution is 9.09. The summed E-state index contributed by atoms with van der Waals surface area (Å²) in [6.45, 7) is 9.10. The maximum Gasteiger partial charge on any atom is 0.0707 e. The predicted molar refractivity (Wildman–Crippen MR) is 72.3 cm³/mol. The van der Waals surface area contributed by atoms with Gasteiger partial charge in [-0.15, -0.1) is 23.5 Å². The van der Waals surface area contributed by atoms with Gasteiger partial charge in [0.15, 0.2) is 0 Å². The second-order valence-corrected chi connectivity index (χ2v) is 7.93. The van der Waals surface area contributed by atoms with Crippen molar-refractivity contribution < 1.29 is 0 Å². The lowest BCUT2D eigenvalue weighted by atomic mass is 10.2. The van der Waals surface area contributed by atoms with E-state index in [9.17, 15) is 0 Å². The van der Waals surface area contributed by atoms with E-state index in [4.69, 9.17) is 0 Å². The van der Waals surface area contributed by atoms with E-state index < -0.39 is 0 Å². The molecule has 0 aliphatic heterocycles. The minimum atomic E-state index is 0.361. The van der Waals surface area contributed by atoms with Crippen LogP contribution in [-0.2, 0) is 0 Å². The topological polar surface area (TPSA) is 0 Å². The molecule has 0 heterocycles. The first-order valence-corrected chi connectivity index (χ1v) is 7.91. The normalized spacial score (nSPS) is 14.5. The molecule has 0 amide bonds. The fourth-order valence-corrected chi connectivity index (χ4v) is 5.35. The molecule has 80 valence electrons. The van der Waals surface area contributed by atoms with E-state index in [1.807, 2.05) is 0 Å². The molecule has 1 atom stereocenters. The van der Waals surface area contributed by atoms with Crippen molar-refractivity contribution in [1.82, 2.24) is 0 Å². The third-order valence-electron chi connectivity index (χ3n) is 1.97. The molecule has 0 N–H and O–H groups in total. The average Bonchev–Trinajstić information content (AvgIpc) is 2.05. The zero-order valence-electron chi connectivity index (χ0n) is 9.10. The Morgan fingerprint density at radius 3 is 1.92 bits per heavy atom. The van der Waals surface area contributed by atoms with E-state index in [1.165, 1.54) is 24.3 Å². The number of hydrogen-bond acceptors (Lipinski definition) is 2. The van der Waals surface area contributed by atoms with Crippen LogP contribution in [0.15, 0.2) is 0 Å². The van der Waals surface area contributed by atoms with Gasteiger partial charge >= 0.3 is 0 Å². The lowest BCUT2D eigenvalue weighted by Crippen LogP contribution is -2.28. The first kappa shape index (κ1) is 14.2. The Hall–Kier alpha value is 1.18. The predicted octanol–water partition coefficient (Wildman–Crippen LogP) is 4.77. The van der Waals surface area contributed by atoms with Gasteiger partial charge in [0.1, 0.15) is 0 Å². The lowest BCUT2D eigenvalue weighted by molar-refractivity contribution is 0.712. The van der Waals surface area contributed by atoms with Crippen LogP contribution in [0.5, 0.6) is 0 Å². The third-order valence-corrected chi connectivity index (χ3v) is 6.95. The molecule has 0 aliphatic carbocycles. The molecule has 0 saturated carbocycles. The molecule has 13 heavy (non-hydrogen) atoms. The molecule has 0 rings (SSSR count). The van der Waals surface area contributed by atoms with Crippen LogP contribution in [0.3, 0.4) is 0 Å². The molecule has 0 radical (unpaired) electrons. The zero-order valence-corrected chi connectivity index (χ0v) is 12.3. The minimum absolute atomic E-state index is 0.361. The van der Waals surface area contributed by atoms with Crippen LogP contribution in [0, 0.1) is 0 Å². The van der Waals surface area contributed by atoms with Crippen molar-refractivity contribution in [2.75, 3.05) is 11.5 Å². The Bertz CT molecular complexity index is 122. The fourth-order valence-electron chi connectivity index (χ4n) is 1.31. The van der Waals surface area contributed by atoms with Crippen molar-refractivity contribution in [1.29, 1.82) is 0 Å². The summed E-state index contributed by atoms with van der Waals surface area (Å²) in [5.74, 6) is 2.41. The van der Waals surface area contributed by atoms with Crippen molar-refractivity contribution >= 4 is 39.5 Å². The quantitative estimate of drug-likeness (QED) is 0.488. The number of rotatable bonds is 7. The van der Waals surface area contributed by atoms with Crippen LogP contribution < -0.4 is 0 Å². The second-order valence-electron chi connectivity index (χ2n) is 3.14. The van der Waals surface area contributed by atoms with Crippen LogP contribution in [-0.4, -0.2) is 20.4 Å². The zero-order chi connectivity index (χ0) is 10.3. The van der Waals surface area contributed by atoms with E-state index in [0.717, 1.165) is 0 Å². The standard InChI is InChI=1S/C10H21BrS2/c1-5-8-9(11)10(4,12-6-2)13-7-3/h9H,5-8H2,1-4H3. The Labute approximate surface area is 100 Å². The first-order chi connectivity index (χ1) is 6.10. The molecule has 0 saturated heterocycles. The Kier molecular flexibility index (Phi) is 8.15. The van der Waals surface area contributed by atoms with Crippen LogP contribution in [0.2, 0.25) is 0 Å². The molecule has 0 aromatic rings. The van der Waals surface area contributed by atoms with Crippen LogP contribution in [0.4, 0.5) is 0 Å². The average molecular weight is 285 g/mol. The van der Waals surface area contributed by atoms with Crippen molar-refractivity contribution in [2.45, 2.75) is 49.4 Å². The number of halogens is 1. The molecule has 0 spiro atoms. The minimum Gasteiger partial charge on any atom is -0.144 e. The van der Waals surface area contributed by atoms with Crippen molar-refractivity contribution in [2.24, 2.45) is 0 Å². The van der Waals surface area contributed by atoms with Crippen LogP contribution >= 0.6 is 39.5 Å². The van der Waals surface area contributed by atoms with Gasteiger partial charge in [0.25, 0.3) is 0 Å². The van der Waals surface area contributed by atoms with Gasteiger partial charge < -0.3 is 0 Å². The summed E-state index contributed by atoms with van der Waals surface area (Å²) in [5.41, 5.74) is 0. The van der Waals surface area contributed by atoms with Crippen molar-refractivity contribution in [3.63, 3.8) is 0 Å². The molecule has 0 aliphatic rings. The molecule has 0 aromatic heterocycles. The van der Waals surface area contributed by atoms with Crippen molar-refractivity contribution in [3.05, 3.63) is 0 Å². The SMILES string of the molecule is CCCC(Br)C(C)(SCC)SCC. The summed E-state index contributed by atoms with van der Waals surface area (Å²) in [5, 5.41) is 0. The molecular formula is C10H21BrS2. The molecule has 0 bridgehead atoms. The molecule has 0 aromatic carbocycles. The maximum absolute atomic E-state index is 3.82. The summed E-state index contributed by atoms with van der Waals surface area (Å²) in [6, 6.07) is 0. The summed E-state index contributed by atoms with van der Waals surface area (Å²) < 4.78 is 0.361. The smallest absolute Gasteiger partial charge is 0.0707 e. The van der Waals surface area contributed by atoms with Gasteiger partial charge in [-0.3, -0.25) is 0 Å². The van der Waals surface area contributed by atoms with E-state index >= 15 is 0 Å². The summed E-state index contributed by atoms with van der Waals surface area (Å²) in [7, 11) is 0. The Morgan fingerprint density at radius 2 is 1.62 bits per heavy atom. The molecule has 3 heteroatoms. The van der Waals surface area contributed by atoms with Gasteiger partial charge in [-0.25, -0.2) is 0 Å². The highest BCUT2D eigenvalue weighted by Gasteiger charge is 2.31. The summed E-state index contributed by atoms with van der Waals surface area (Å²) in [4.78, 5) is 0.639. The van der Waals surface area contributed by atoms with Crippen LogP contribution in [0.25, 0.3) is 0 Å². The summed E-state index contributed by atoms with van der Waals surface area (Å²) in [6.07, 6.45) is 2.54.